The van der Waals surface area contributed by atoms with Crippen molar-refractivity contribution in [3.63, 3.8) is 0 Å². The molecule has 6 heteroatoms. The molecule has 0 aliphatic heterocycles. The summed E-state index contributed by atoms with van der Waals surface area (Å²) in [5, 5.41) is 0.683. The minimum absolute atomic E-state index is 0.0548. The Bertz CT molecular complexity index is 1150. The maximum Gasteiger partial charge on any atom is 0.270 e. The van der Waals surface area contributed by atoms with Gasteiger partial charge in [-0.05, 0) is 35.4 Å². The fourth-order valence-electron chi connectivity index (χ4n) is 3.31. The minimum Gasteiger partial charge on any atom is -0.326 e. The van der Waals surface area contributed by atoms with Gasteiger partial charge < -0.3 is 9.55 Å². The molecule has 4 rings (SSSR count). The van der Waals surface area contributed by atoms with Gasteiger partial charge in [0.15, 0.2) is 0 Å². The van der Waals surface area contributed by atoms with Gasteiger partial charge in [-0.25, -0.2) is 9.97 Å². The summed E-state index contributed by atoms with van der Waals surface area (Å²) in [6.07, 6.45) is 5.47. The van der Waals surface area contributed by atoms with E-state index < -0.39 is 0 Å². The lowest BCUT2D eigenvalue weighted by atomic mass is 9.98. The summed E-state index contributed by atoms with van der Waals surface area (Å²) in [6, 6.07) is 13.6. The molecule has 0 spiro atoms. The standard InChI is InChI=1S/C21H19ClN4O/c1-13(2)19-21(27)25-17-7-6-15(11-18(17)24-19)20(26-9-8-23-12-26)14-4-3-5-16(22)10-14/h3-13,20H,1-2H3,(H,25,27). The van der Waals surface area contributed by atoms with E-state index in [4.69, 9.17) is 11.6 Å². The number of hydrogen-bond acceptors (Lipinski definition) is 3. The topological polar surface area (TPSA) is 63.6 Å². The molecule has 0 aliphatic carbocycles. The normalized spacial score (nSPS) is 12.6. The first-order valence-corrected chi connectivity index (χ1v) is 9.17. The van der Waals surface area contributed by atoms with E-state index >= 15 is 0 Å². The maximum atomic E-state index is 12.2. The number of nitrogens with one attached hydrogen (secondary N) is 1. The number of nitrogens with zero attached hydrogens (tertiary/aromatic N) is 3. The second-order valence-electron chi connectivity index (χ2n) is 6.85. The quantitative estimate of drug-likeness (QED) is 0.567. The molecule has 27 heavy (non-hydrogen) atoms. The lowest BCUT2D eigenvalue weighted by Gasteiger charge is -2.20. The van der Waals surface area contributed by atoms with Gasteiger partial charge in [0.1, 0.15) is 5.69 Å². The predicted octanol–water partition coefficient (Wildman–Crippen LogP) is 4.53. The predicted molar refractivity (Wildman–Crippen MR) is 107 cm³/mol. The van der Waals surface area contributed by atoms with Crippen molar-refractivity contribution in [2.24, 2.45) is 0 Å². The van der Waals surface area contributed by atoms with E-state index in [1.807, 2.05) is 67.1 Å². The number of hydrogen-bond donors (Lipinski definition) is 1. The van der Waals surface area contributed by atoms with Crippen LogP contribution in [0.25, 0.3) is 11.0 Å². The fourth-order valence-corrected chi connectivity index (χ4v) is 3.51. The summed E-state index contributed by atoms with van der Waals surface area (Å²) in [5.74, 6) is 0.0548. The first-order valence-electron chi connectivity index (χ1n) is 8.79. The second-order valence-corrected chi connectivity index (χ2v) is 7.29. The fraction of sp³-hybridized carbons (Fsp3) is 0.190. The Morgan fingerprint density at radius 3 is 2.63 bits per heavy atom. The molecule has 136 valence electrons. The van der Waals surface area contributed by atoms with Crippen LogP contribution in [-0.4, -0.2) is 19.5 Å². The van der Waals surface area contributed by atoms with Crippen molar-refractivity contribution in [2.45, 2.75) is 25.8 Å². The lowest BCUT2D eigenvalue weighted by molar-refractivity contribution is 0.677. The summed E-state index contributed by atoms with van der Waals surface area (Å²) in [7, 11) is 0. The Hall–Kier alpha value is -2.92. The van der Waals surface area contributed by atoms with Crippen LogP contribution in [0.3, 0.4) is 0 Å². The summed E-state index contributed by atoms with van der Waals surface area (Å²) >= 11 is 6.23. The Kier molecular flexibility index (Phi) is 4.54. The van der Waals surface area contributed by atoms with Crippen LogP contribution in [0.5, 0.6) is 0 Å². The number of halogens is 1. The molecule has 0 aliphatic rings. The number of H-pyrrole nitrogens is 1. The molecule has 2 aromatic carbocycles. The number of rotatable bonds is 4. The summed E-state index contributed by atoms with van der Waals surface area (Å²) in [4.78, 5) is 23.9. The number of aromatic nitrogens is 4. The van der Waals surface area contributed by atoms with Gasteiger partial charge in [-0.15, -0.1) is 0 Å². The maximum absolute atomic E-state index is 12.2. The molecule has 5 nitrogen and oxygen atoms in total. The van der Waals surface area contributed by atoms with Gasteiger partial charge in [0.25, 0.3) is 5.56 Å². The van der Waals surface area contributed by atoms with E-state index in [0.717, 1.165) is 22.2 Å². The molecular weight excluding hydrogens is 360 g/mol. The summed E-state index contributed by atoms with van der Waals surface area (Å²) < 4.78 is 2.03. The second kappa shape index (κ2) is 7.00. The van der Waals surface area contributed by atoms with E-state index in [0.29, 0.717) is 10.7 Å². The molecule has 2 heterocycles. The molecular formula is C21H19ClN4O. The number of fused-ring (bicyclic) bond motifs is 1. The molecule has 1 unspecified atom stereocenters. The van der Waals surface area contributed by atoms with E-state index in [9.17, 15) is 4.79 Å². The molecule has 4 aromatic rings. The highest BCUT2D eigenvalue weighted by Gasteiger charge is 2.18. The number of imidazole rings is 1. The molecule has 0 bridgehead atoms. The van der Waals surface area contributed by atoms with E-state index in [-0.39, 0.29) is 17.5 Å². The van der Waals surface area contributed by atoms with E-state index in [1.54, 1.807) is 12.5 Å². The summed E-state index contributed by atoms with van der Waals surface area (Å²) in [5.41, 5.74) is 3.99. The highest BCUT2D eigenvalue weighted by Crippen LogP contribution is 2.29. The van der Waals surface area contributed by atoms with Crippen molar-refractivity contribution in [3.8, 4) is 0 Å². The van der Waals surface area contributed by atoms with Crippen molar-refractivity contribution in [1.82, 2.24) is 19.5 Å². The lowest BCUT2D eigenvalue weighted by Crippen LogP contribution is -2.17. The van der Waals surface area contributed by atoms with Gasteiger partial charge in [0, 0.05) is 23.3 Å². The van der Waals surface area contributed by atoms with Crippen LogP contribution in [0.4, 0.5) is 0 Å². The van der Waals surface area contributed by atoms with Gasteiger partial charge in [-0.3, -0.25) is 4.79 Å². The van der Waals surface area contributed by atoms with Gasteiger partial charge >= 0.3 is 0 Å². The number of aromatic amines is 1. The van der Waals surface area contributed by atoms with E-state index in [2.05, 4.69) is 15.0 Å². The SMILES string of the molecule is CC(C)c1nc2cc(C(c3cccc(Cl)c3)n3ccnc3)ccc2[nH]c1=O. The summed E-state index contributed by atoms with van der Waals surface area (Å²) in [6.45, 7) is 3.93. The molecule has 0 radical (unpaired) electrons. The number of benzene rings is 2. The first kappa shape index (κ1) is 17.5. The van der Waals surface area contributed by atoms with Gasteiger partial charge in [-0.1, -0.05) is 43.6 Å². The van der Waals surface area contributed by atoms with Crippen LogP contribution in [0.15, 0.2) is 66.0 Å². The Morgan fingerprint density at radius 2 is 1.93 bits per heavy atom. The largest absolute Gasteiger partial charge is 0.326 e. The molecule has 2 aromatic heterocycles. The third-order valence-corrected chi connectivity index (χ3v) is 4.83. The first-order chi connectivity index (χ1) is 13.0. The molecule has 0 saturated heterocycles. The Morgan fingerprint density at radius 1 is 1.11 bits per heavy atom. The highest BCUT2D eigenvalue weighted by atomic mass is 35.5. The van der Waals surface area contributed by atoms with Crippen LogP contribution >= 0.6 is 11.6 Å². The highest BCUT2D eigenvalue weighted by molar-refractivity contribution is 6.30. The van der Waals surface area contributed by atoms with Crippen molar-refractivity contribution in [3.05, 3.63) is 93.4 Å². The van der Waals surface area contributed by atoms with E-state index in [1.165, 1.54) is 0 Å². The van der Waals surface area contributed by atoms with Crippen LogP contribution in [0, 0.1) is 0 Å². The molecule has 0 saturated carbocycles. The molecule has 0 fully saturated rings. The van der Waals surface area contributed by atoms with Crippen LogP contribution in [-0.2, 0) is 0 Å². The van der Waals surface area contributed by atoms with Crippen LogP contribution in [0.2, 0.25) is 5.02 Å². The molecule has 1 atom stereocenters. The Labute approximate surface area is 161 Å². The molecule has 1 N–H and O–H groups in total. The van der Waals surface area contributed by atoms with Gasteiger partial charge in [0.05, 0.1) is 23.4 Å². The zero-order chi connectivity index (χ0) is 19.0. The average Bonchev–Trinajstić information content (AvgIpc) is 3.15. The van der Waals surface area contributed by atoms with Crippen molar-refractivity contribution < 1.29 is 0 Å². The zero-order valence-corrected chi connectivity index (χ0v) is 15.8. The average molecular weight is 379 g/mol. The minimum atomic E-state index is -0.133. The van der Waals surface area contributed by atoms with Gasteiger partial charge in [0.2, 0.25) is 0 Å². The smallest absolute Gasteiger partial charge is 0.270 e. The molecule has 0 amide bonds. The zero-order valence-electron chi connectivity index (χ0n) is 15.1. The van der Waals surface area contributed by atoms with Crippen molar-refractivity contribution >= 4 is 22.6 Å². The third kappa shape index (κ3) is 3.38. The van der Waals surface area contributed by atoms with Gasteiger partial charge in [-0.2, -0.15) is 0 Å². The van der Waals surface area contributed by atoms with Crippen LogP contribution in [0.1, 0.15) is 42.6 Å². The monoisotopic (exact) mass is 378 g/mol. The van der Waals surface area contributed by atoms with Crippen LogP contribution < -0.4 is 5.56 Å². The third-order valence-electron chi connectivity index (χ3n) is 4.59. The Balaban J connectivity index is 1.91. The van der Waals surface area contributed by atoms with Crippen molar-refractivity contribution in [2.75, 3.05) is 0 Å². The van der Waals surface area contributed by atoms with Crippen molar-refractivity contribution in [1.29, 1.82) is 0 Å².